The highest BCUT2D eigenvalue weighted by atomic mass is 32.2. The van der Waals surface area contributed by atoms with Gasteiger partial charge in [0.2, 0.25) is 0 Å². The summed E-state index contributed by atoms with van der Waals surface area (Å²) in [6.07, 6.45) is 0.782. The Morgan fingerprint density at radius 2 is 2.10 bits per heavy atom. The van der Waals surface area contributed by atoms with E-state index in [-0.39, 0.29) is 12.0 Å². The molecule has 0 fully saturated rings. The van der Waals surface area contributed by atoms with Gasteiger partial charge >= 0.3 is 5.97 Å². The van der Waals surface area contributed by atoms with E-state index in [1.165, 1.54) is 16.0 Å². The third kappa shape index (κ3) is 5.55. The number of rotatable bonds is 8. The summed E-state index contributed by atoms with van der Waals surface area (Å²) in [5, 5.41) is 3.19. The van der Waals surface area contributed by atoms with Crippen LogP contribution in [-0.4, -0.2) is 30.9 Å². The number of thioether (sulfide) groups is 1. The second-order valence-corrected chi connectivity index (χ2v) is 5.91. The van der Waals surface area contributed by atoms with Gasteiger partial charge in [-0.3, -0.25) is 4.79 Å². The molecule has 112 valence electrons. The van der Waals surface area contributed by atoms with Crippen LogP contribution in [0, 0.1) is 13.8 Å². The van der Waals surface area contributed by atoms with Crippen molar-refractivity contribution in [3.63, 3.8) is 0 Å². The minimum Gasteiger partial charge on any atom is -0.465 e. The molecule has 0 radical (unpaired) electrons. The Balaban J connectivity index is 2.51. The van der Waals surface area contributed by atoms with Gasteiger partial charge in [-0.1, -0.05) is 24.6 Å². The van der Waals surface area contributed by atoms with E-state index in [1.54, 1.807) is 11.8 Å². The Morgan fingerprint density at radius 1 is 1.35 bits per heavy atom. The maximum Gasteiger partial charge on any atom is 0.323 e. The molecule has 0 amide bonds. The molecule has 1 aromatic rings. The smallest absolute Gasteiger partial charge is 0.323 e. The largest absolute Gasteiger partial charge is 0.465 e. The Labute approximate surface area is 126 Å². The predicted molar refractivity (Wildman–Crippen MR) is 85.4 cm³/mol. The molecule has 0 saturated carbocycles. The van der Waals surface area contributed by atoms with Gasteiger partial charge in [0.05, 0.1) is 6.61 Å². The summed E-state index contributed by atoms with van der Waals surface area (Å²) >= 11 is 1.80. The van der Waals surface area contributed by atoms with Gasteiger partial charge in [0.1, 0.15) is 6.04 Å². The van der Waals surface area contributed by atoms with Crippen LogP contribution >= 0.6 is 11.8 Å². The number of carbonyl (C=O) groups is 1. The number of carbonyl (C=O) groups excluding carboxylic acids is 1. The second kappa shape index (κ2) is 9.03. The minimum absolute atomic E-state index is 0.143. The lowest BCUT2D eigenvalue weighted by atomic mass is 10.2. The average molecular weight is 295 g/mol. The summed E-state index contributed by atoms with van der Waals surface area (Å²) in [6.45, 7) is 9.27. The van der Waals surface area contributed by atoms with Gasteiger partial charge in [-0.05, 0) is 45.4 Å². The fourth-order valence-electron chi connectivity index (χ4n) is 1.94. The zero-order chi connectivity index (χ0) is 15.0. The number of ether oxygens (including phenoxy) is 1. The van der Waals surface area contributed by atoms with Crippen molar-refractivity contribution in [2.75, 3.05) is 18.9 Å². The molecule has 0 spiro atoms. The number of esters is 1. The Bertz CT molecular complexity index is 434. The Morgan fingerprint density at radius 3 is 2.75 bits per heavy atom. The molecular formula is C16H25NO2S. The molecule has 0 saturated heterocycles. The van der Waals surface area contributed by atoms with Crippen molar-refractivity contribution in [3.8, 4) is 0 Å². The first kappa shape index (κ1) is 17.1. The SMILES string of the molecule is CCNC(CCSc1cc(C)ccc1C)C(=O)OCC. The highest BCUT2D eigenvalue weighted by molar-refractivity contribution is 7.99. The van der Waals surface area contributed by atoms with Gasteiger partial charge in [0, 0.05) is 10.6 Å². The third-order valence-electron chi connectivity index (χ3n) is 3.03. The van der Waals surface area contributed by atoms with E-state index in [2.05, 4.69) is 37.4 Å². The number of hydrogen-bond donors (Lipinski definition) is 1. The number of nitrogens with one attached hydrogen (secondary N) is 1. The van der Waals surface area contributed by atoms with Crippen LogP contribution in [0.25, 0.3) is 0 Å². The summed E-state index contributed by atoms with van der Waals surface area (Å²) in [5.41, 5.74) is 2.56. The molecule has 20 heavy (non-hydrogen) atoms. The zero-order valence-electron chi connectivity index (χ0n) is 12.9. The molecule has 1 atom stereocenters. The molecule has 1 N–H and O–H groups in total. The van der Waals surface area contributed by atoms with Gasteiger partial charge in [-0.15, -0.1) is 11.8 Å². The molecule has 1 aromatic carbocycles. The van der Waals surface area contributed by atoms with Crippen LogP contribution in [0.4, 0.5) is 0 Å². The maximum atomic E-state index is 11.8. The molecule has 0 aromatic heterocycles. The van der Waals surface area contributed by atoms with Gasteiger partial charge in [-0.25, -0.2) is 0 Å². The lowest BCUT2D eigenvalue weighted by Gasteiger charge is -2.16. The zero-order valence-corrected chi connectivity index (χ0v) is 13.7. The van der Waals surface area contributed by atoms with Crippen LogP contribution in [0.5, 0.6) is 0 Å². The molecule has 1 unspecified atom stereocenters. The molecule has 1 rings (SSSR count). The first-order chi connectivity index (χ1) is 9.58. The molecule has 0 bridgehead atoms. The summed E-state index contributed by atoms with van der Waals surface area (Å²) in [5.74, 6) is 0.761. The second-order valence-electron chi connectivity index (χ2n) is 4.77. The fraction of sp³-hybridized carbons (Fsp3) is 0.562. The van der Waals surface area contributed by atoms with Crippen molar-refractivity contribution in [3.05, 3.63) is 29.3 Å². The van der Waals surface area contributed by atoms with Crippen LogP contribution < -0.4 is 5.32 Å². The van der Waals surface area contributed by atoms with Gasteiger partial charge < -0.3 is 10.1 Å². The van der Waals surface area contributed by atoms with E-state index in [0.717, 1.165) is 18.7 Å². The number of likely N-dealkylation sites (N-methyl/N-ethyl adjacent to an activating group) is 1. The highest BCUT2D eigenvalue weighted by Gasteiger charge is 2.18. The van der Waals surface area contributed by atoms with E-state index in [1.807, 2.05) is 13.8 Å². The summed E-state index contributed by atoms with van der Waals surface area (Å²) in [6, 6.07) is 6.27. The normalized spacial score (nSPS) is 12.2. The highest BCUT2D eigenvalue weighted by Crippen LogP contribution is 2.24. The number of hydrogen-bond acceptors (Lipinski definition) is 4. The van der Waals surface area contributed by atoms with E-state index in [4.69, 9.17) is 4.74 Å². The molecule has 0 heterocycles. The molecule has 0 aliphatic carbocycles. The van der Waals surface area contributed by atoms with Crippen LogP contribution in [0.3, 0.4) is 0 Å². The lowest BCUT2D eigenvalue weighted by molar-refractivity contribution is -0.145. The number of aryl methyl sites for hydroxylation is 2. The molecule has 0 aliphatic rings. The van der Waals surface area contributed by atoms with E-state index >= 15 is 0 Å². The van der Waals surface area contributed by atoms with Crippen molar-refractivity contribution in [2.24, 2.45) is 0 Å². The first-order valence-corrected chi connectivity index (χ1v) is 8.17. The van der Waals surface area contributed by atoms with Crippen molar-refractivity contribution in [1.29, 1.82) is 0 Å². The van der Waals surface area contributed by atoms with Gasteiger partial charge in [0.25, 0.3) is 0 Å². The van der Waals surface area contributed by atoms with Gasteiger partial charge in [-0.2, -0.15) is 0 Å². The lowest BCUT2D eigenvalue weighted by Crippen LogP contribution is -2.38. The van der Waals surface area contributed by atoms with E-state index in [9.17, 15) is 4.79 Å². The fourth-order valence-corrected chi connectivity index (χ4v) is 3.08. The summed E-state index contributed by atoms with van der Waals surface area (Å²) in [4.78, 5) is 13.1. The minimum atomic E-state index is -0.197. The standard InChI is InChI=1S/C16H25NO2S/c1-5-17-14(16(18)19-6-2)9-10-20-15-11-12(3)7-8-13(15)4/h7-8,11,14,17H,5-6,9-10H2,1-4H3. The van der Waals surface area contributed by atoms with Crippen molar-refractivity contribution >= 4 is 17.7 Å². The Kier molecular flexibility index (Phi) is 7.70. The van der Waals surface area contributed by atoms with E-state index in [0.29, 0.717) is 6.61 Å². The molecular weight excluding hydrogens is 270 g/mol. The topological polar surface area (TPSA) is 38.3 Å². The molecule has 4 heteroatoms. The van der Waals surface area contributed by atoms with Crippen LogP contribution in [0.15, 0.2) is 23.1 Å². The van der Waals surface area contributed by atoms with Crippen molar-refractivity contribution in [2.45, 2.75) is 45.1 Å². The predicted octanol–water partition coefficient (Wildman–Crippen LogP) is 3.33. The molecule has 0 aliphatic heterocycles. The summed E-state index contributed by atoms with van der Waals surface area (Å²) in [7, 11) is 0. The van der Waals surface area contributed by atoms with Crippen molar-refractivity contribution < 1.29 is 9.53 Å². The summed E-state index contributed by atoms with van der Waals surface area (Å²) < 4.78 is 5.09. The van der Waals surface area contributed by atoms with Crippen molar-refractivity contribution in [1.82, 2.24) is 5.32 Å². The van der Waals surface area contributed by atoms with Gasteiger partial charge in [0.15, 0.2) is 0 Å². The van der Waals surface area contributed by atoms with Crippen LogP contribution in [0.2, 0.25) is 0 Å². The van der Waals surface area contributed by atoms with Crippen LogP contribution in [-0.2, 0) is 9.53 Å². The molecule has 3 nitrogen and oxygen atoms in total. The quantitative estimate of drug-likeness (QED) is 0.590. The maximum absolute atomic E-state index is 11.8. The number of benzene rings is 1. The Hall–Kier alpha value is -1.00. The average Bonchev–Trinajstić information content (AvgIpc) is 2.42. The van der Waals surface area contributed by atoms with E-state index < -0.39 is 0 Å². The first-order valence-electron chi connectivity index (χ1n) is 7.18. The third-order valence-corrected chi connectivity index (χ3v) is 4.22. The monoisotopic (exact) mass is 295 g/mol. The van der Waals surface area contributed by atoms with Crippen LogP contribution in [0.1, 0.15) is 31.4 Å².